The molecule has 2 atom stereocenters. The summed E-state index contributed by atoms with van der Waals surface area (Å²) in [6.45, 7) is 1.15. The average molecular weight is 335 g/mol. The van der Waals surface area contributed by atoms with E-state index in [4.69, 9.17) is 0 Å². The number of hydrogen-bond acceptors (Lipinski definition) is 2. The van der Waals surface area contributed by atoms with Crippen molar-refractivity contribution in [2.45, 2.75) is 37.1 Å². The van der Waals surface area contributed by atoms with E-state index in [0.29, 0.717) is 11.5 Å². The van der Waals surface area contributed by atoms with E-state index in [1.54, 1.807) is 0 Å². The molecule has 1 aromatic rings. The van der Waals surface area contributed by atoms with Crippen molar-refractivity contribution < 1.29 is 0 Å². The number of nitrogens with one attached hydrogen (secondary N) is 1. The molecule has 1 aliphatic carbocycles. The molecule has 3 rings (SSSR count). The lowest BCUT2D eigenvalue weighted by Crippen LogP contribution is -2.39. The molecule has 1 spiro atoms. The largest absolute Gasteiger partial charge is 0.311 e. The molecule has 1 saturated carbocycles. The van der Waals surface area contributed by atoms with Crippen LogP contribution in [-0.2, 0) is 0 Å². The average Bonchev–Trinajstić information content (AvgIpc) is 2.86. The zero-order valence-corrected chi connectivity index (χ0v) is 11.7. The van der Waals surface area contributed by atoms with Gasteiger partial charge in [-0.1, -0.05) is 0 Å². The van der Waals surface area contributed by atoms with Crippen LogP contribution in [0.4, 0.5) is 0 Å². The summed E-state index contributed by atoms with van der Waals surface area (Å²) in [5.41, 5.74) is 1.99. The topological polar surface area (TPSA) is 29.9 Å². The van der Waals surface area contributed by atoms with E-state index in [-0.39, 0.29) is 0 Å². The van der Waals surface area contributed by atoms with E-state index in [1.165, 1.54) is 31.2 Å². The standard InChI is InChI=1S/C10H15IN3P/c11-15-14-7-9(6-13-14)8-1-2-10(3-4-10)12-5-8/h6-8,12,15H,1-5H2. The molecule has 5 heteroatoms. The first-order chi connectivity index (χ1) is 7.31. The van der Waals surface area contributed by atoms with Gasteiger partial charge in [0.1, 0.15) is 0 Å². The van der Waals surface area contributed by atoms with Gasteiger partial charge in [0.2, 0.25) is 0 Å². The van der Waals surface area contributed by atoms with Gasteiger partial charge in [-0.05, 0) is 59.2 Å². The highest BCUT2D eigenvalue weighted by molar-refractivity contribution is 14.2. The number of halogens is 1. The van der Waals surface area contributed by atoms with Gasteiger partial charge in [0, 0.05) is 18.3 Å². The van der Waals surface area contributed by atoms with Gasteiger partial charge in [-0.2, -0.15) is 5.10 Å². The molecule has 1 aliphatic heterocycles. The minimum atomic E-state index is 0.567. The van der Waals surface area contributed by atoms with E-state index >= 15 is 0 Å². The Bertz CT molecular complexity index is 351. The molecule has 15 heavy (non-hydrogen) atoms. The zero-order valence-electron chi connectivity index (χ0n) is 8.54. The molecule has 1 saturated heterocycles. The summed E-state index contributed by atoms with van der Waals surface area (Å²) in [5.74, 6) is 0.692. The fourth-order valence-corrected chi connectivity index (χ4v) is 3.53. The maximum atomic E-state index is 4.36. The minimum absolute atomic E-state index is 0.567. The normalized spacial score (nSPS) is 29.0. The second kappa shape index (κ2) is 3.97. The lowest BCUT2D eigenvalue weighted by atomic mass is 9.89. The Kier molecular flexibility index (Phi) is 2.77. The number of nitrogens with zero attached hydrogens (tertiary/aromatic N) is 2. The molecule has 0 radical (unpaired) electrons. The maximum Gasteiger partial charge on any atom is 0.0677 e. The highest BCUT2D eigenvalue weighted by atomic mass is 127. The van der Waals surface area contributed by atoms with E-state index < -0.39 is 0 Å². The SMILES string of the molecule is IPn1cc(C2CCC3(CC3)NC2)cn1. The van der Waals surface area contributed by atoms with Crippen LogP contribution in [0.15, 0.2) is 12.4 Å². The fraction of sp³-hybridized carbons (Fsp3) is 0.700. The van der Waals surface area contributed by atoms with Crippen LogP contribution < -0.4 is 5.32 Å². The highest BCUT2D eigenvalue weighted by Crippen LogP contribution is 2.44. The number of aromatic nitrogens is 2. The fourth-order valence-electron chi connectivity index (χ4n) is 2.44. The van der Waals surface area contributed by atoms with Gasteiger partial charge in [-0.3, -0.25) is 0 Å². The molecule has 0 aromatic carbocycles. The molecule has 2 heterocycles. The molecule has 1 N–H and O–H groups in total. The van der Waals surface area contributed by atoms with Crippen LogP contribution in [0.5, 0.6) is 0 Å². The van der Waals surface area contributed by atoms with Crippen LogP contribution in [0.25, 0.3) is 0 Å². The summed E-state index contributed by atoms with van der Waals surface area (Å²) < 4.78 is 2.04. The Balaban J connectivity index is 1.67. The first-order valence-electron chi connectivity index (χ1n) is 5.48. The van der Waals surface area contributed by atoms with Crippen LogP contribution in [-0.4, -0.2) is 21.6 Å². The third-order valence-electron chi connectivity index (χ3n) is 3.71. The number of hydrogen-bond donors (Lipinski definition) is 1. The van der Waals surface area contributed by atoms with E-state index in [2.05, 4.69) is 38.7 Å². The quantitative estimate of drug-likeness (QED) is 0.665. The maximum absolute atomic E-state index is 4.36. The van der Waals surface area contributed by atoms with Gasteiger partial charge in [0.25, 0.3) is 0 Å². The van der Waals surface area contributed by atoms with Gasteiger partial charge >= 0.3 is 0 Å². The molecular formula is C10H15IN3P. The van der Waals surface area contributed by atoms with Crippen LogP contribution in [0.3, 0.4) is 0 Å². The van der Waals surface area contributed by atoms with Crippen molar-refractivity contribution in [2.24, 2.45) is 0 Å². The first-order valence-corrected chi connectivity index (χ1v) is 9.54. The molecule has 1 aromatic heterocycles. The Morgan fingerprint density at radius 2 is 2.40 bits per heavy atom. The number of rotatable bonds is 2. The smallest absolute Gasteiger partial charge is 0.0677 e. The lowest BCUT2D eigenvalue weighted by molar-refractivity contribution is 0.350. The van der Waals surface area contributed by atoms with Crippen LogP contribution in [0, 0.1) is 0 Å². The van der Waals surface area contributed by atoms with Crippen LogP contribution >= 0.6 is 28.4 Å². The summed E-state index contributed by atoms with van der Waals surface area (Å²) in [7, 11) is 0. The third-order valence-corrected chi connectivity index (χ3v) is 5.61. The van der Waals surface area contributed by atoms with Crippen molar-refractivity contribution >= 4 is 28.4 Å². The third kappa shape index (κ3) is 2.08. The zero-order chi connectivity index (χ0) is 10.3. The summed E-state index contributed by atoms with van der Waals surface area (Å²) >= 11 is 2.37. The van der Waals surface area contributed by atoms with Gasteiger partial charge in [-0.25, -0.2) is 4.45 Å². The summed E-state index contributed by atoms with van der Waals surface area (Å²) in [4.78, 5) is 0. The second-order valence-corrected chi connectivity index (χ2v) is 6.77. The van der Waals surface area contributed by atoms with E-state index in [0.717, 1.165) is 12.9 Å². The molecule has 2 unspecified atom stereocenters. The van der Waals surface area contributed by atoms with Crippen molar-refractivity contribution in [1.82, 2.24) is 14.9 Å². The van der Waals surface area contributed by atoms with Gasteiger partial charge in [0.15, 0.2) is 0 Å². The molecular weight excluding hydrogens is 320 g/mol. The van der Waals surface area contributed by atoms with Crippen molar-refractivity contribution in [3.05, 3.63) is 18.0 Å². The Morgan fingerprint density at radius 1 is 1.53 bits per heavy atom. The first kappa shape index (κ1) is 10.5. The molecule has 3 nitrogen and oxygen atoms in total. The molecule has 82 valence electrons. The van der Waals surface area contributed by atoms with Crippen molar-refractivity contribution in [2.75, 3.05) is 6.54 Å². The van der Waals surface area contributed by atoms with E-state index in [1.807, 2.05) is 10.6 Å². The van der Waals surface area contributed by atoms with Gasteiger partial charge in [-0.15, -0.1) is 0 Å². The summed E-state index contributed by atoms with van der Waals surface area (Å²) in [6.07, 6.45) is 10.5. The highest BCUT2D eigenvalue weighted by Gasteiger charge is 2.44. The number of piperidine rings is 1. The summed E-state index contributed by atoms with van der Waals surface area (Å²) in [5, 5.41) is 8.06. The Hall–Kier alpha value is 0.330. The van der Waals surface area contributed by atoms with Crippen molar-refractivity contribution in [3.8, 4) is 0 Å². The molecule has 2 fully saturated rings. The monoisotopic (exact) mass is 335 g/mol. The Morgan fingerprint density at radius 3 is 2.93 bits per heavy atom. The van der Waals surface area contributed by atoms with Crippen molar-refractivity contribution in [3.63, 3.8) is 0 Å². The molecule has 0 bridgehead atoms. The molecule has 2 aliphatic rings. The van der Waals surface area contributed by atoms with E-state index in [9.17, 15) is 0 Å². The minimum Gasteiger partial charge on any atom is -0.311 e. The van der Waals surface area contributed by atoms with Crippen LogP contribution in [0.2, 0.25) is 0 Å². The predicted molar refractivity (Wildman–Crippen MR) is 71.9 cm³/mol. The van der Waals surface area contributed by atoms with Gasteiger partial charge in [0.05, 0.1) is 12.6 Å². The Labute approximate surface area is 105 Å². The van der Waals surface area contributed by atoms with Crippen molar-refractivity contribution in [1.29, 1.82) is 0 Å². The molecule has 0 amide bonds. The lowest BCUT2D eigenvalue weighted by Gasteiger charge is -2.29. The summed E-state index contributed by atoms with van der Waals surface area (Å²) in [6, 6.07) is 0. The van der Waals surface area contributed by atoms with Gasteiger partial charge < -0.3 is 5.32 Å². The van der Waals surface area contributed by atoms with Crippen LogP contribution in [0.1, 0.15) is 37.2 Å². The predicted octanol–water partition coefficient (Wildman–Crippen LogP) is 2.67. The second-order valence-electron chi connectivity index (χ2n) is 4.70.